The first-order valence-corrected chi connectivity index (χ1v) is 5.44. The van der Waals surface area contributed by atoms with Crippen LogP contribution >= 0.6 is 0 Å². The molecule has 0 N–H and O–H groups in total. The van der Waals surface area contributed by atoms with E-state index >= 15 is 0 Å². The molecule has 1 rings (SSSR count). The van der Waals surface area contributed by atoms with Gasteiger partial charge in [-0.25, -0.2) is 0 Å². The van der Waals surface area contributed by atoms with Gasteiger partial charge in [-0.3, -0.25) is 0 Å². The summed E-state index contributed by atoms with van der Waals surface area (Å²) < 4.78 is 6.02. The molecule has 0 aliphatic rings. The van der Waals surface area contributed by atoms with Crippen molar-refractivity contribution in [3.8, 4) is 5.88 Å². The zero-order valence-corrected chi connectivity index (χ0v) is 10.3. The van der Waals surface area contributed by atoms with Crippen molar-refractivity contribution in [1.82, 2.24) is 9.88 Å². The van der Waals surface area contributed by atoms with Crippen molar-refractivity contribution in [2.24, 2.45) is 0 Å². The van der Waals surface area contributed by atoms with Crippen LogP contribution in [-0.2, 0) is 0 Å². The monoisotopic (exact) mass is 214 g/mol. The van der Waals surface area contributed by atoms with E-state index in [1.807, 2.05) is 37.6 Å². The Balaban J connectivity index is 3.16. The van der Waals surface area contributed by atoms with Crippen LogP contribution in [0.25, 0.3) is 0 Å². The first-order valence-electron chi connectivity index (χ1n) is 5.44. The Hall–Kier alpha value is -0.983. The van der Waals surface area contributed by atoms with Crippen molar-refractivity contribution < 1.29 is 9.53 Å². The van der Waals surface area contributed by atoms with E-state index in [1.165, 1.54) is 7.11 Å². The van der Waals surface area contributed by atoms with E-state index < -0.39 is 0 Å². The molecule has 0 bridgehead atoms. The molecule has 0 aliphatic heterocycles. The first-order chi connectivity index (χ1) is 7.65. The number of ether oxygens (including phenoxy) is 1. The fourth-order valence-electron chi connectivity index (χ4n) is 1.62. The van der Waals surface area contributed by atoms with Crippen molar-refractivity contribution in [3.05, 3.63) is 17.8 Å². The molecular weight excluding hydrogens is 199 g/mol. The first kappa shape index (κ1) is 13.1. The number of hydrogen-bond acceptors (Lipinski definition) is 3. The SMILES string of the molecule is [Li][c]1ccnc(OC)c1C(=O)N(CC)CC. The summed E-state index contributed by atoms with van der Waals surface area (Å²) in [6.45, 7) is 5.29. The van der Waals surface area contributed by atoms with Crippen LogP contribution in [0.4, 0.5) is 0 Å². The van der Waals surface area contributed by atoms with Crippen LogP contribution in [-0.4, -0.2) is 53.7 Å². The molecule has 0 radical (unpaired) electrons. The normalized spacial score (nSPS) is 10.1. The predicted octanol–water partition coefficient (Wildman–Crippen LogP) is 0.366. The van der Waals surface area contributed by atoms with Crippen molar-refractivity contribution in [3.63, 3.8) is 0 Å². The number of carbonyl (C=O) groups excluding carboxylic acids is 1. The van der Waals surface area contributed by atoms with Gasteiger partial charge in [-0.05, 0) is 0 Å². The van der Waals surface area contributed by atoms with Gasteiger partial charge in [0.25, 0.3) is 0 Å². The average molecular weight is 214 g/mol. The summed E-state index contributed by atoms with van der Waals surface area (Å²) in [6, 6.07) is 1.82. The Labute approximate surface area is 105 Å². The second-order valence-electron chi connectivity index (χ2n) is 3.49. The molecule has 0 fully saturated rings. The summed E-state index contributed by atoms with van der Waals surface area (Å²) in [7, 11) is 1.53. The molecule has 0 unspecified atom stereocenters. The standard InChI is InChI=1S/C11H15N2O2.Li/c1-4-13(5-2)11(14)9-7-6-8-12-10(9)15-3;/h6,8H,4-5H2,1-3H3;. The number of pyridine rings is 1. The predicted molar refractivity (Wildman–Crippen MR) is 63.4 cm³/mol. The molecule has 0 aromatic carbocycles. The summed E-state index contributed by atoms with van der Waals surface area (Å²) in [5, 5.41) is 0. The summed E-state index contributed by atoms with van der Waals surface area (Å²) in [6.07, 6.45) is 1.65. The fourth-order valence-corrected chi connectivity index (χ4v) is 1.62. The molecule has 0 spiro atoms. The number of carbonyl (C=O) groups is 1. The van der Waals surface area contributed by atoms with Crippen LogP contribution < -0.4 is 8.97 Å². The minimum absolute atomic E-state index is 0.0209. The number of nitrogens with zero attached hydrogens (tertiary/aromatic N) is 2. The third-order valence-electron chi connectivity index (χ3n) is 2.58. The van der Waals surface area contributed by atoms with E-state index in [9.17, 15) is 4.79 Å². The van der Waals surface area contributed by atoms with Crippen molar-refractivity contribution in [2.45, 2.75) is 13.8 Å². The number of methoxy groups -OCH3 is 1. The van der Waals surface area contributed by atoms with E-state index in [4.69, 9.17) is 4.74 Å². The Morgan fingerprint density at radius 1 is 1.50 bits per heavy atom. The molecule has 0 saturated carbocycles. The molecule has 0 saturated heterocycles. The molecule has 0 aliphatic carbocycles. The van der Waals surface area contributed by atoms with Crippen LogP contribution in [0.15, 0.2) is 12.3 Å². The van der Waals surface area contributed by atoms with Gasteiger partial charge in [0, 0.05) is 0 Å². The van der Waals surface area contributed by atoms with E-state index in [0.29, 0.717) is 24.5 Å². The third-order valence-corrected chi connectivity index (χ3v) is 2.58. The van der Waals surface area contributed by atoms with E-state index in [1.54, 1.807) is 11.1 Å². The maximum absolute atomic E-state index is 12.2. The summed E-state index contributed by atoms with van der Waals surface area (Å²) in [4.78, 5) is 18.0. The molecule has 16 heavy (non-hydrogen) atoms. The van der Waals surface area contributed by atoms with Gasteiger partial charge in [0.15, 0.2) is 0 Å². The number of rotatable bonds is 4. The maximum atomic E-state index is 12.2. The van der Waals surface area contributed by atoms with Gasteiger partial charge < -0.3 is 0 Å². The molecule has 5 heteroatoms. The molecule has 1 aromatic heterocycles. The van der Waals surface area contributed by atoms with Crippen molar-refractivity contribution in [1.29, 1.82) is 0 Å². The average Bonchev–Trinajstić information content (AvgIpc) is 2.29. The molecule has 0 atom stereocenters. The molecular formula is C11H15LiN2O2. The summed E-state index contributed by atoms with van der Waals surface area (Å²) in [5.41, 5.74) is 0.564. The van der Waals surface area contributed by atoms with Crippen LogP contribution in [0.1, 0.15) is 24.2 Å². The third kappa shape index (κ3) is 2.58. The van der Waals surface area contributed by atoms with Gasteiger partial charge in [0.05, 0.1) is 0 Å². The van der Waals surface area contributed by atoms with Gasteiger partial charge in [0.1, 0.15) is 0 Å². The zero-order chi connectivity index (χ0) is 12.1. The Morgan fingerprint density at radius 3 is 2.62 bits per heavy atom. The van der Waals surface area contributed by atoms with E-state index in [0.717, 1.165) is 4.24 Å². The quantitative estimate of drug-likeness (QED) is 0.680. The Kier molecular flexibility index (Phi) is 4.85. The number of amides is 1. The van der Waals surface area contributed by atoms with E-state index in [2.05, 4.69) is 4.98 Å². The van der Waals surface area contributed by atoms with Crippen molar-refractivity contribution >= 4 is 27.9 Å². The second kappa shape index (κ2) is 5.93. The van der Waals surface area contributed by atoms with Crippen molar-refractivity contribution in [2.75, 3.05) is 20.2 Å². The van der Waals surface area contributed by atoms with Gasteiger partial charge in [-0.2, -0.15) is 0 Å². The topological polar surface area (TPSA) is 42.4 Å². The summed E-state index contributed by atoms with van der Waals surface area (Å²) >= 11 is 1.89. The van der Waals surface area contributed by atoms with Crippen LogP contribution in [0, 0.1) is 0 Å². The van der Waals surface area contributed by atoms with Crippen LogP contribution in [0.3, 0.4) is 0 Å². The minimum atomic E-state index is -0.0209. The van der Waals surface area contributed by atoms with Gasteiger partial charge in [0.2, 0.25) is 0 Å². The van der Waals surface area contributed by atoms with Gasteiger partial charge in [-0.15, -0.1) is 0 Å². The van der Waals surface area contributed by atoms with Crippen LogP contribution in [0.2, 0.25) is 0 Å². The second-order valence-corrected chi connectivity index (χ2v) is 3.49. The molecule has 1 heterocycles. The van der Waals surface area contributed by atoms with E-state index in [-0.39, 0.29) is 5.91 Å². The summed E-state index contributed by atoms with van der Waals surface area (Å²) in [5.74, 6) is 0.379. The molecule has 1 aromatic rings. The zero-order valence-electron chi connectivity index (χ0n) is 10.3. The number of hydrogen-bond donors (Lipinski definition) is 0. The van der Waals surface area contributed by atoms with Gasteiger partial charge >= 0.3 is 105 Å². The van der Waals surface area contributed by atoms with Crippen LogP contribution in [0.5, 0.6) is 5.88 Å². The number of aromatic nitrogens is 1. The molecule has 1 amide bonds. The fraction of sp³-hybridized carbons (Fsp3) is 0.455. The molecule has 82 valence electrons. The Bertz CT molecular complexity index is 378. The van der Waals surface area contributed by atoms with Gasteiger partial charge in [-0.1, -0.05) is 0 Å². The Morgan fingerprint density at radius 2 is 2.12 bits per heavy atom. The molecule has 4 nitrogen and oxygen atoms in total.